The number of aryl methyl sites for hydroxylation is 1. The molecule has 8 nitrogen and oxygen atoms in total. The molecule has 0 radical (unpaired) electrons. The minimum atomic E-state index is 0.357. The number of pyridine rings is 1. The van der Waals surface area contributed by atoms with Crippen LogP contribution in [0.4, 0.5) is 11.4 Å². The number of piperidine rings is 1. The minimum Gasteiger partial charge on any atom is -0.356 e. The van der Waals surface area contributed by atoms with Gasteiger partial charge in [-0.1, -0.05) is 0 Å². The Kier molecular flexibility index (Phi) is 4.48. The van der Waals surface area contributed by atoms with E-state index in [0.717, 1.165) is 65.4 Å². The Bertz CT molecular complexity index is 1130. The lowest BCUT2D eigenvalue weighted by atomic mass is 9.94. The van der Waals surface area contributed by atoms with E-state index in [2.05, 4.69) is 25.3 Å². The van der Waals surface area contributed by atoms with Gasteiger partial charge in [0.2, 0.25) is 0 Å². The van der Waals surface area contributed by atoms with Gasteiger partial charge in [0.1, 0.15) is 11.5 Å². The van der Waals surface area contributed by atoms with E-state index in [4.69, 9.17) is 9.98 Å². The topological polar surface area (TPSA) is 85.0 Å². The van der Waals surface area contributed by atoms with Crippen LogP contribution in [0.1, 0.15) is 35.8 Å². The Labute approximate surface area is 169 Å². The first-order chi connectivity index (χ1) is 14.2. The standard InChI is InChI=1S/C21H24N8/c1-28-13-15(10-25-28)17-12-24-19-18(14-5-3-7-22-9-14)27-20(17)29(2)21(19)26-16-6-4-8-23-11-16/h4,6,8,10-14,22,24H,3,5,7,9H2,1-2H3. The van der Waals surface area contributed by atoms with Crippen molar-refractivity contribution in [1.82, 2.24) is 29.6 Å². The van der Waals surface area contributed by atoms with Crippen LogP contribution in [0.5, 0.6) is 0 Å². The number of fused-ring (bicyclic) bond motifs is 3. The van der Waals surface area contributed by atoms with E-state index in [9.17, 15) is 0 Å². The number of hydrogen-bond acceptors (Lipinski definition) is 6. The molecule has 0 aromatic carbocycles. The van der Waals surface area contributed by atoms with Gasteiger partial charge >= 0.3 is 0 Å². The van der Waals surface area contributed by atoms with Crippen LogP contribution in [0.25, 0.3) is 5.57 Å². The highest BCUT2D eigenvalue weighted by atomic mass is 15.2. The maximum Gasteiger partial charge on any atom is 0.160 e. The SMILES string of the molecule is Cn1cc(C2=CNc3c(C4CCCNC4)nc2n(C)c3=Nc2cccnc2)cn1. The van der Waals surface area contributed by atoms with Gasteiger partial charge in [-0.15, -0.1) is 0 Å². The van der Waals surface area contributed by atoms with Gasteiger partial charge < -0.3 is 15.2 Å². The number of anilines is 1. The molecule has 1 saturated heterocycles. The largest absolute Gasteiger partial charge is 0.356 e. The van der Waals surface area contributed by atoms with Crippen LogP contribution >= 0.6 is 0 Å². The fourth-order valence-electron chi connectivity index (χ4n) is 4.04. The van der Waals surface area contributed by atoms with E-state index in [0.29, 0.717) is 5.92 Å². The van der Waals surface area contributed by atoms with Gasteiger partial charge in [0, 0.05) is 56.3 Å². The van der Waals surface area contributed by atoms with Crippen molar-refractivity contribution in [1.29, 1.82) is 0 Å². The van der Waals surface area contributed by atoms with Crippen molar-refractivity contribution in [2.75, 3.05) is 18.4 Å². The van der Waals surface area contributed by atoms with Crippen LogP contribution in [0.15, 0.2) is 48.1 Å². The van der Waals surface area contributed by atoms with Gasteiger partial charge in [-0.3, -0.25) is 9.67 Å². The second-order valence-electron chi connectivity index (χ2n) is 7.55. The molecular weight excluding hydrogens is 364 g/mol. The molecular formula is C21H24N8. The zero-order valence-corrected chi connectivity index (χ0v) is 16.6. The molecule has 3 aliphatic rings. The van der Waals surface area contributed by atoms with Gasteiger partial charge in [-0.25, -0.2) is 9.98 Å². The van der Waals surface area contributed by atoms with Gasteiger partial charge in [0.05, 0.1) is 23.8 Å². The maximum absolute atomic E-state index is 5.13. The number of hydrogen-bond donors (Lipinski definition) is 2. The summed E-state index contributed by atoms with van der Waals surface area (Å²) in [6.07, 6.45) is 11.7. The molecule has 0 amide bonds. The first kappa shape index (κ1) is 17.8. The van der Waals surface area contributed by atoms with Gasteiger partial charge in [0.15, 0.2) is 5.49 Å². The molecule has 1 atom stereocenters. The summed E-state index contributed by atoms with van der Waals surface area (Å²) >= 11 is 0. The molecule has 3 aromatic rings. The molecule has 0 spiro atoms. The average molecular weight is 388 g/mol. The van der Waals surface area contributed by atoms with Crippen LogP contribution in [-0.2, 0) is 14.1 Å². The minimum absolute atomic E-state index is 0.357. The summed E-state index contributed by atoms with van der Waals surface area (Å²) in [5.41, 5.74) is 5.75. The molecule has 0 saturated carbocycles. The highest BCUT2D eigenvalue weighted by molar-refractivity contribution is 5.80. The Morgan fingerprint density at radius 2 is 2.17 bits per heavy atom. The number of rotatable bonds is 3. The molecule has 1 unspecified atom stereocenters. The van der Waals surface area contributed by atoms with Crippen LogP contribution in [0, 0.1) is 0 Å². The van der Waals surface area contributed by atoms with E-state index in [1.54, 1.807) is 12.4 Å². The molecule has 8 heteroatoms. The quantitative estimate of drug-likeness (QED) is 0.717. The van der Waals surface area contributed by atoms with E-state index in [-0.39, 0.29) is 0 Å². The molecule has 148 valence electrons. The monoisotopic (exact) mass is 388 g/mol. The van der Waals surface area contributed by atoms with Crippen molar-refractivity contribution in [3.8, 4) is 0 Å². The molecule has 6 heterocycles. The zero-order valence-electron chi connectivity index (χ0n) is 16.6. The second kappa shape index (κ2) is 7.29. The van der Waals surface area contributed by atoms with E-state index >= 15 is 0 Å². The smallest absolute Gasteiger partial charge is 0.160 e. The highest BCUT2D eigenvalue weighted by Crippen LogP contribution is 2.32. The lowest BCUT2D eigenvalue weighted by molar-refractivity contribution is 0.453. The van der Waals surface area contributed by atoms with Crippen molar-refractivity contribution < 1.29 is 0 Å². The summed E-state index contributed by atoms with van der Waals surface area (Å²) in [6, 6.07) is 3.87. The molecule has 1 fully saturated rings. The number of nitrogens with one attached hydrogen (secondary N) is 2. The fraction of sp³-hybridized carbons (Fsp3) is 0.333. The van der Waals surface area contributed by atoms with Crippen molar-refractivity contribution in [2.45, 2.75) is 18.8 Å². The first-order valence-corrected chi connectivity index (χ1v) is 9.93. The van der Waals surface area contributed by atoms with Crippen molar-refractivity contribution in [3.63, 3.8) is 0 Å². The summed E-state index contributed by atoms with van der Waals surface area (Å²) in [6.45, 7) is 2.00. The third-order valence-electron chi connectivity index (χ3n) is 5.52. The lowest BCUT2D eigenvalue weighted by Crippen LogP contribution is -2.32. The van der Waals surface area contributed by atoms with Crippen LogP contribution in [-0.4, -0.2) is 37.4 Å². The van der Waals surface area contributed by atoms with E-state index in [1.165, 1.54) is 0 Å². The molecule has 29 heavy (non-hydrogen) atoms. The molecule has 2 bridgehead atoms. The third-order valence-corrected chi connectivity index (χ3v) is 5.52. The summed E-state index contributed by atoms with van der Waals surface area (Å²) in [5.74, 6) is 1.24. The van der Waals surface area contributed by atoms with Gasteiger partial charge in [-0.05, 0) is 31.5 Å². The second-order valence-corrected chi connectivity index (χ2v) is 7.55. The van der Waals surface area contributed by atoms with Crippen molar-refractivity contribution in [3.05, 3.63) is 65.7 Å². The molecule has 6 rings (SSSR count). The van der Waals surface area contributed by atoms with Gasteiger partial charge in [-0.2, -0.15) is 5.10 Å². The van der Waals surface area contributed by atoms with Crippen molar-refractivity contribution >= 4 is 16.9 Å². The summed E-state index contributed by atoms with van der Waals surface area (Å²) < 4.78 is 3.86. The predicted octanol–water partition coefficient (Wildman–Crippen LogP) is 2.06. The van der Waals surface area contributed by atoms with Crippen LogP contribution in [0.3, 0.4) is 0 Å². The molecule has 3 aliphatic heterocycles. The number of aromatic nitrogens is 5. The molecule has 2 N–H and O–H groups in total. The maximum atomic E-state index is 5.13. The van der Waals surface area contributed by atoms with Gasteiger partial charge in [0.25, 0.3) is 0 Å². The Morgan fingerprint density at radius 1 is 1.24 bits per heavy atom. The van der Waals surface area contributed by atoms with Crippen molar-refractivity contribution in [2.24, 2.45) is 19.1 Å². The lowest BCUT2D eigenvalue weighted by Gasteiger charge is -2.24. The van der Waals surface area contributed by atoms with Crippen LogP contribution in [0.2, 0.25) is 0 Å². The highest BCUT2D eigenvalue weighted by Gasteiger charge is 2.27. The normalized spacial score (nSPS) is 19.0. The van der Waals surface area contributed by atoms with E-state index < -0.39 is 0 Å². The molecule has 3 aromatic heterocycles. The number of nitrogens with zero attached hydrogens (tertiary/aromatic N) is 6. The third kappa shape index (κ3) is 3.25. The summed E-state index contributed by atoms with van der Waals surface area (Å²) in [5, 5.41) is 11.4. The zero-order chi connectivity index (χ0) is 19.8. The Hall–Kier alpha value is -3.26. The fourth-order valence-corrected chi connectivity index (χ4v) is 4.04. The Morgan fingerprint density at radius 3 is 2.90 bits per heavy atom. The summed E-state index contributed by atoms with van der Waals surface area (Å²) in [4.78, 5) is 14.3. The summed E-state index contributed by atoms with van der Waals surface area (Å²) in [7, 11) is 3.94. The molecule has 0 aliphatic carbocycles. The Balaban J connectivity index is 1.73. The first-order valence-electron chi connectivity index (χ1n) is 9.93. The van der Waals surface area contributed by atoms with E-state index in [1.807, 2.05) is 49.5 Å². The predicted molar refractivity (Wildman–Crippen MR) is 111 cm³/mol. The average Bonchev–Trinajstić information content (AvgIpc) is 3.03. The van der Waals surface area contributed by atoms with Crippen LogP contribution < -0.4 is 16.1 Å².